The van der Waals surface area contributed by atoms with E-state index in [0.29, 0.717) is 0 Å². The zero-order valence-electron chi connectivity index (χ0n) is 8.37. The molecule has 2 aromatic rings. The van der Waals surface area contributed by atoms with Gasteiger partial charge in [0.1, 0.15) is 5.82 Å². The monoisotopic (exact) mass is 310 g/mol. The van der Waals surface area contributed by atoms with Crippen LogP contribution in [0.25, 0.3) is 0 Å². The van der Waals surface area contributed by atoms with Crippen molar-refractivity contribution in [2.45, 2.75) is 6.92 Å². The van der Waals surface area contributed by atoms with Crippen LogP contribution in [0.4, 0.5) is 11.5 Å². The van der Waals surface area contributed by atoms with Gasteiger partial charge in [-0.25, -0.2) is 4.98 Å². The number of pyridine rings is 1. The predicted octanol–water partition coefficient (Wildman–Crippen LogP) is 3.74. The van der Waals surface area contributed by atoms with E-state index in [2.05, 4.69) is 45.0 Å². The molecule has 1 N–H and O–H groups in total. The van der Waals surface area contributed by atoms with Gasteiger partial charge in [0.2, 0.25) is 0 Å². The molecule has 0 atom stereocenters. The van der Waals surface area contributed by atoms with Crippen molar-refractivity contribution in [3.05, 3.63) is 51.7 Å². The average molecular weight is 310 g/mol. The molecule has 2 nitrogen and oxygen atoms in total. The zero-order chi connectivity index (χ0) is 10.7. The smallest absolute Gasteiger partial charge is 0.130 e. The van der Waals surface area contributed by atoms with E-state index in [1.807, 2.05) is 37.4 Å². The summed E-state index contributed by atoms with van der Waals surface area (Å²) in [6, 6.07) is 12.2. The maximum Gasteiger partial charge on any atom is 0.130 e. The van der Waals surface area contributed by atoms with Crippen LogP contribution in [0.3, 0.4) is 0 Å². The molecule has 0 aliphatic rings. The van der Waals surface area contributed by atoms with Gasteiger partial charge in [0.15, 0.2) is 0 Å². The van der Waals surface area contributed by atoms with Crippen molar-refractivity contribution in [1.82, 2.24) is 4.98 Å². The van der Waals surface area contributed by atoms with Gasteiger partial charge in [-0.05, 0) is 59.3 Å². The lowest BCUT2D eigenvalue weighted by molar-refractivity contribution is 1.26. The molecule has 1 aromatic heterocycles. The molecule has 0 fully saturated rings. The third-order valence-corrected chi connectivity index (χ3v) is 2.68. The Morgan fingerprint density at radius 2 is 2.07 bits per heavy atom. The number of nitrogens with zero attached hydrogens (tertiary/aromatic N) is 1. The Kier molecular flexibility index (Phi) is 3.20. The number of halogens is 1. The first kappa shape index (κ1) is 10.4. The van der Waals surface area contributed by atoms with Crippen LogP contribution in [0.1, 0.15) is 5.56 Å². The first-order valence-corrected chi connectivity index (χ1v) is 5.77. The first-order chi connectivity index (χ1) is 7.24. The first-order valence-electron chi connectivity index (χ1n) is 4.69. The number of rotatable bonds is 2. The third-order valence-electron chi connectivity index (χ3n) is 2.01. The Balaban J connectivity index is 2.18. The van der Waals surface area contributed by atoms with E-state index in [1.54, 1.807) is 0 Å². The maximum atomic E-state index is 4.29. The van der Waals surface area contributed by atoms with Crippen molar-refractivity contribution >= 4 is 34.1 Å². The molecule has 1 aromatic carbocycles. The second-order valence-corrected chi connectivity index (χ2v) is 4.60. The fourth-order valence-corrected chi connectivity index (χ4v) is 1.80. The molecular formula is C12H11IN2. The van der Waals surface area contributed by atoms with Crippen molar-refractivity contribution in [3.63, 3.8) is 0 Å². The molecule has 15 heavy (non-hydrogen) atoms. The van der Waals surface area contributed by atoms with Gasteiger partial charge in [0.25, 0.3) is 0 Å². The molecule has 0 amide bonds. The van der Waals surface area contributed by atoms with Crippen LogP contribution in [0.2, 0.25) is 0 Å². The van der Waals surface area contributed by atoms with E-state index in [1.165, 1.54) is 9.13 Å². The van der Waals surface area contributed by atoms with Gasteiger partial charge < -0.3 is 5.32 Å². The SMILES string of the molecule is Cc1ccc(Nc2cccc(I)c2)nc1. The molecule has 0 bridgehead atoms. The predicted molar refractivity (Wildman–Crippen MR) is 71.4 cm³/mol. The molecule has 0 radical (unpaired) electrons. The fourth-order valence-electron chi connectivity index (χ4n) is 1.26. The van der Waals surface area contributed by atoms with E-state index in [4.69, 9.17) is 0 Å². The van der Waals surface area contributed by atoms with Crippen LogP contribution in [-0.2, 0) is 0 Å². The van der Waals surface area contributed by atoms with Crippen molar-refractivity contribution in [2.75, 3.05) is 5.32 Å². The number of aryl methyl sites for hydroxylation is 1. The summed E-state index contributed by atoms with van der Waals surface area (Å²) in [5.41, 5.74) is 2.24. The van der Waals surface area contributed by atoms with Gasteiger partial charge in [-0.3, -0.25) is 0 Å². The van der Waals surface area contributed by atoms with E-state index < -0.39 is 0 Å². The average Bonchev–Trinajstić information content (AvgIpc) is 2.22. The molecule has 3 heteroatoms. The van der Waals surface area contributed by atoms with Gasteiger partial charge in [-0.2, -0.15) is 0 Å². The number of hydrogen-bond donors (Lipinski definition) is 1. The third kappa shape index (κ3) is 2.92. The minimum atomic E-state index is 0.877. The lowest BCUT2D eigenvalue weighted by atomic mass is 10.3. The Morgan fingerprint density at radius 1 is 1.20 bits per heavy atom. The number of nitrogens with one attached hydrogen (secondary N) is 1. The topological polar surface area (TPSA) is 24.9 Å². The second-order valence-electron chi connectivity index (χ2n) is 3.36. The van der Waals surface area contributed by atoms with Crippen LogP contribution in [0.15, 0.2) is 42.6 Å². The van der Waals surface area contributed by atoms with Gasteiger partial charge in [-0.1, -0.05) is 12.1 Å². The number of benzene rings is 1. The summed E-state index contributed by atoms with van der Waals surface area (Å²) in [6.45, 7) is 2.03. The molecule has 0 saturated carbocycles. The van der Waals surface area contributed by atoms with Crippen LogP contribution in [0, 0.1) is 10.5 Å². The summed E-state index contributed by atoms with van der Waals surface area (Å²) in [5, 5.41) is 3.26. The largest absolute Gasteiger partial charge is 0.340 e. The van der Waals surface area contributed by atoms with Crippen LogP contribution in [-0.4, -0.2) is 4.98 Å². The highest BCUT2D eigenvalue weighted by Crippen LogP contribution is 2.16. The van der Waals surface area contributed by atoms with Crippen LogP contribution < -0.4 is 5.32 Å². The maximum absolute atomic E-state index is 4.29. The summed E-state index contributed by atoms with van der Waals surface area (Å²) in [6.07, 6.45) is 1.86. The quantitative estimate of drug-likeness (QED) is 0.855. The number of anilines is 2. The minimum Gasteiger partial charge on any atom is -0.340 e. The molecule has 0 aliphatic heterocycles. The number of aromatic nitrogens is 1. The Hall–Kier alpha value is -1.10. The van der Waals surface area contributed by atoms with E-state index >= 15 is 0 Å². The molecule has 76 valence electrons. The Bertz CT molecular complexity index is 451. The lowest BCUT2D eigenvalue weighted by Gasteiger charge is -2.05. The van der Waals surface area contributed by atoms with Gasteiger partial charge in [0, 0.05) is 15.5 Å². The molecular weight excluding hydrogens is 299 g/mol. The molecule has 1 heterocycles. The van der Waals surface area contributed by atoms with Gasteiger partial charge >= 0.3 is 0 Å². The Labute approximate surface area is 103 Å². The van der Waals surface area contributed by atoms with Crippen molar-refractivity contribution in [2.24, 2.45) is 0 Å². The molecule has 0 spiro atoms. The highest BCUT2D eigenvalue weighted by atomic mass is 127. The summed E-state index contributed by atoms with van der Waals surface area (Å²) in [5.74, 6) is 0.877. The normalized spacial score (nSPS) is 10.0. The second kappa shape index (κ2) is 4.61. The minimum absolute atomic E-state index is 0.877. The number of hydrogen-bond acceptors (Lipinski definition) is 2. The summed E-state index contributed by atoms with van der Waals surface area (Å²) < 4.78 is 1.21. The highest BCUT2D eigenvalue weighted by Gasteiger charge is 1.95. The fraction of sp³-hybridized carbons (Fsp3) is 0.0833. The Morgan fingerprint density at radius 3 is 2.73 bits per heavy atom. The van der Waals surface area contributed by atoms with Crippen LogP contribution >= 0.6 is 22.6 Å². The van der Waals surface area contributed by atoms with E-state index in [0.717, 1.165) is 11.5 Å². The van der Waals surface area contributed by atoms with Crippen molar-refractivity contribution in [1.29, 1.82) is 0 Å². The molecule has 2 rings (SSSR count). The molecule has 0 saturated heterocycles. The lowest BCUT2D eigenvalue weighted by Crippen LogP contribution is -1.93. The van der Waals surface area contributed by atoms with Crippen LogP contribution in [0.5, 0.6) is 0 Å². The summed E-state index contributed by atoms with van der Waals surface area (Å²) in [4.78, 5) is 4.29. The van der Waals surface area contributed by atoms with E-state index in [-0.39, 0.29) is 0 Å². The summed E-state index contributed by atoms with van der Waals surface area (Å²) in [7, 11) is 0. The standard InChI is InChI=1S/C12H11IN2/c1-9-5-6-12(14-8-9)15-11-4-2-3-10(13)7-11/h2-8H,1H3,(H,14,15). The highest BCUT2D eigenvalue weighted by molar-refractivity contribution is 14.1. The summed E-state index contributed by atoms with van der Waals surface area (Å²) >= 11 is 2.29. The van der Waals surface area contributed by atoms with Crippen molar-refractivity contribution < 1.29 is 0 Å². The van der Waals surface area contributed by atoms with Gasteiger partial charge in [0.05, 0.1) is 0 Å². The van der Waals surface area contributed by atoms with Gasteiger partial charge in [-0.15, -0.1) is 0 Å². The van der Waals surface area contributed by atoms with E-state index in [9.17, 15) is 0 Å². The van der Waals surface area contributed by atoms with Crippen molar-refractivity contribution in [3.8, 4) is 0 Å². The zero-order valence-corrected chi connectivity index (χ0v) is 10.5. The molecule has 0 unspecified atom stereocenters. The molecule has 0 aliphatic carbocycles.